The molecule has 1 aromatic heterocycles. The van der Waals surface area contributed by atoms with Gasteiger partial charge in [-0.25, -0.2) is 0 Å². The highest BCUT2D eigenvalue weighted by molar-refractivity contribution is 6.30. The predicted octanol–water partition coefficient (Wildman–Crippen LogP) is 3.44. The molecule has 0 fully saturated rings. The van der Waals surface area contributed by atoms with Crippen molar-refractivity contribution in [2.24, 2.45) is 5.73 Å². The fourth-order valence-corrected chi connectivity index (χ4v) is 2.01. The van der Waals surface area contributed by atoms with Crippen LogP contribution in [0.1, 0.15) is 17.5 Å². The van der Waals surface area contributed by atoms with E-state index in [1.54, 1.807) is 12.1 Å². The standard InChI is InChI=1S/C15H12ClN3O/c16-12-8-6-11(7-9-12)14-18-15(20-19-14)13(17)10-4-2-1-3-5-10/h1-9,13H,17H2. The van der Waals surface area contributed by atoms with E-state index in [1.165, 1.54) is 0 Å². The molecule has 1 heterocycles. The molecule has 0 radical (unpaired) electrons. The number of aromatic nitrogens is 2. The van der Waals surface area contributed by atoms with E-state index in [2.05, 4.69) is 10.1 Å². The van der Waals surface area contributed by atoms with E-state index >= 15 is 0 Å². The predicted molar refractivity (Wildman–Crippen MR) is 77.2 cm³/mol. The monoisotopic (exact) mass is 285 g/mol. The summed E-state index contributed by atoms with van der Waals surface area (Å²) in [6.45, 7) is 0. The lowest BCUT2D eigenvalue weighted by molar-refractivity contribution is 0.367. The number of rotatable bonds is 3. The maximum atomic E-state index is 6.11. The van der Waals surface area contributed by atoms with Gasteiger partial charge in [0.25, 0.3) is 0 Å². The van der Waals surface area contributed by atoms with Crippen molar-refractivity contribution < 1.29 is 4.52 Å². The molecule has 0 spiro atoms. The summed E-state index contributed by atoms with van der Waals surface area (Å²) in [5, 5.41) is 4.62. The van der Waals surface area contributed by atoms with Gasteiger partial charge < -0.3 is 10.3 Å². The molecule has 0 bridgehead atoms. The Bertz CT molecular complexity index is 695. The van der Waals surface area contributed by atoms with Gasteiger partial charge in [-0.2, -0.15) is 4.98 Å². The summed E-state index contributed by atoms with van der Waals surface area (Å²) in [4.78, 5) is 4.34. The molecule has 0 aliphatic heterocycles. The van der Waals surface area contributed by atoms with E-state index in [1.807, 2.05) is 42.5 Å². The second-order valence-electron chi connectivity index (χ2n) is 4.35. The summed E-state index contributed by atoms with van der Waals surface area (Å²) in [6, 6.07) is 16.4. The molecule has 1 atom stereocenters. The summed E-state index contributed by atoms with van der Waals surface area (Å²) < 4.78 is 5.25. The molecule has 5 heteroatoms. The molecular weight excluding hydrogens is 274 g/mol. The minimum Gasteiger partial charge on any atom is -0.337 e. The topological polar surface area (TPSA) is 64.9 Å². The third-order valence-corrected chi connectivity index (χ3v) is 3.22. The number of halogens is 1. The third-order valence-electron chi connectivity index (χ3n) is 2.97. The maximum absolute atomic E-state index is 6.11. The number of benzene rings is 2. The largest absolute Gasteiger partial charge is 0.337 e. The van der Waals surface area contributed by atoms with Crippen LogP contribution in [0, 0.1) is 0 Å². The van der Waals surface area contributed by atoms with Crippen molar-refractivity contribution in [3.05, 3.63) is 71.1 Å². The fourth-order valence-electron chi connectivity index (χ4n) is 1.88. The SMILES string of the molecule is NC(c1ccccc1)c1nc(-c2ccc(Cl)cc2)no1. The van der Waals surface area contributed by atoms with Crippen molar-refractivity contribution >= 4 is 11.6 Å². The van der Waals surface area contributed by atoms with Gasteiger partial charge in [0.1, 0.15) is 6.04 Å². The van der Waals surface area contributed by atoms with Crippen LogP contribution in [0.4, 0.5) is 0 Å². The molecule has 0 amide bonds. The molecular formula is C15H12ClN3O. The molecule has 0 aliphatic carbocycles. The van der Waals surface area contributed by atoms with Crippen LogP contribution >= 0.6 is 11.6 Å². The summed E-state index contributed by atoms with van der Waals surface area (Å²) >= 11 is 5.85. The molecule has 2 aromatic carbocycles. The molecule has 20 heavy (non-hydrogen) atoms. The Labute approximate surface area is 121 Å². The molecule has 100 valence electrons. The zero-order valence-electron chi connectivity index (χ0n) is 10.5. The highest BCUT2D eigenvalue weighted by atomic mass is 35.5. The van der Waals surface area contributed by atoms with Gasteiger partial charge in [-0.1, -0.05) is 47.1 Å². The summed E-state index contributed by atoms with van der Waals surface area (Å²) in [7, 11) is 0. The van der Waals surface area contributed by atoms with Crippen LogP contribution in [0.15, 0.2) is 59.1 Å². The van der Waals surface area contributed by atoms with Crippen LogP contribution in [0.5, 0.6) is 0 Å². The Hall–Kier alpha value is -2.17. The Kier molecular flexibility index (Phi) is 3.50. The lowest BCUT2D eigenvalue weighted by Gasteiger charge is -2.05. The quantitative estimate of drug-likeness (QED) is 0.800. The first-order valence-electron chi connectivity index (χ1n) is 6.14. The first-order valence-corrected chi connectivity index (χ1v) is 6.52. The number of hydrogen-bond acceptors (Lipinski definition) is 4. The number of hydrogen-bond donors (Lipinski definition) is 1. The summed E-state index contributed by atoms with van der Waals surface area (Å²) in [6.07, 6.45) is 0. The van der Waals surface area contributed by atoms with Gasteiger partial charge in [0.15, 0.2) is 0 Å². The van der Waals surface area contributed by atoms with Crippen molar-refractivity contribution in [2.45, 2.75) is 6.04 Å². The van der Waals surface area contributed by atoms with Gasteiger partial charge in [0.05, 0.1) is 0 Å². The third kappa shape index (κ3) is 2.57. The fraction of sp³-hybridized carbons (Fsp3) is 0.0667. The zero-order valence-corrected chi connectivity index (χ0v) is 11.3. The van der Waals surface area contributed by atoms with Crippen LogP contribution < -0.4 is 5.73 Å². The van der Waals surface area contributed by atoms with Gasteiger partial charge in [0, 0.05) is 10.6 Å². The first-order chi connectivity index (χ1) is 9.74. The van der Waals surface area contributed by atoms with Crippen molar-refractivity contribution in [3.8, 4) is 11.4 Å². The van der Waals surface area contributed by atoms with Gasteiger partial charge in [-0.15, -0.1) is 0 Å². The van der Waals surface area contributed by atoms with Gasteiger partial charge in [-0.05, 0) is 29.8 Å². The molecule has 0 saturated carbocycles. The molecule has 4 nitrogen and oxygen atoms in total. The average Bonchev–Trinajstić information content (AvgIpc) is 2.98. The van der Waals surface area contributed by atoms with E-state index < -0.39 is 6.04 Å². The minimum atomic E-state index is -0.426. The second kappa shape index (κ2) is 5.45. The summed E-state index contributed by atoms with van der Waals surface area (Å²) in [5.41, 5.74) is 7.88. The zero-order chi connectivity index (χ0) is 13.9. The second-order valence-corrected chi connectivity index (χ2v) is 4.79. The molecule has 0 aliphatic rings. The lowest BCUT2D eigenvalue weighted by Crippen LogP contribution is -2.11. The Morgan fingerprint density at radius 3 is 2.40 bits per heavy atom. The van der Waals surface area contributed by atoms with E-state index in [-0.39, 0.29) is 0 Å². The number of nitrogens with zero attached hydrogens (tertiary/aromatic N) is 2. The van der Waals surface area contributed by atoms with Crippen molar-refractivity contribution in [1.82, 2.24) is 10.1 Å². The van der Waals surface area contributed by atoms with Crippen LogP contribution in [0.3, 0.4) is 0 Å². The summed E-state index contributed by atoms with van der Waals surface area (Å²) in [5.74, 6) is 0.893. The van der Waals surface area contributed by atoms with Crippen molar-refractivity contribution in [2.75, 3.05) is 0 Å². The van der Waals surface area contributed by atoms with Crippen LogP contribution in [0.2, 0.25) is 5.02 Å². The van der Waals surface area contributed by atoms with E-state index in [0.29, 0.717) is 16.7 Å². The first kappa shape index (κ1) is 12.8. The highest BCUT2D eigenvalue weighted by Crippen LogP contribution is 2.22. The van der Waals surface area contributed by atoms with Crippen LogP contribution in [-0.4, -0.2) is 10.1 Å². The molecule has 0 saturated heterocycles. The Morgan fingerprint density at radius 2 is 1.70 bits per heavy atom. The normalized spacial score (nSPS) is 12.3. The van der Waals surface area contributed by atoms with Gasteiger partial charge >= 0.3 is 0 Å². The number of nitrogens with two attached hydrogens (primary N) is 1. The van der Waals surface area contributed by atoms with Crippen LogP contribution in [0.25, 0.3) is 11.4 Å². The molecule has 3 rings (SSSR count). The smallest absolute Gasteiger partial charge is 0.248 e. The van der Waals surface area contributed by atoms with Gasteiger partial charge in [0.2, 0.25) is 11.7 Å². The van der Waals surface area contributed by atoms with Gasteiger partial charge in [-0.3, -0.25) is 0 Å². The van der Waals surface area contributed by atoms with Crippen molar-refractivity contribution in [3.63, 3.8) is 0 Å². The minimum absolute atomic E-state index is 0.390. The van der Waals surface area contributed by atoms with Crippen molar-refractivity contribution in [1.29, 1.82) is 0 Å². The van der Waals surface area contributed by atoms with E-state index in [4.69, 9.17) is 21.9 Å². The van der Waals surface area contributed by atoms with E-state index in [0.717, 1.165) is 11.1 Å². The van der Waals surface area contributed by atoms with E-state index in [9.17, 15) is 0 Å². The molecule has 1 unspecified atom stereocenters. The Morgan fingerprint density at radius 1 is 1.00 bits per heavy atom. The van der Waals surface area contributed by atoms with Crippen LogP contribution in [-0.2, 0) is 0 Å². The Balaban J connectivity index is 1.89. The molecule has 3 aromatic rings. The average molecular weight is 286 g/mol. The highest BCUT2D eigenvalue weighted by Gasteiger charge is 2.17. The maximum Gasteiger partial charge on any atom is 0.248 e. The lowest BCUT2D eigenvalue weighted by atomic mass is 10.1. The molecule has 2 N–H and O–H groups in total.